The van der Waals surface area contributed by atoms with Crippen LogP contribution in [0.5, 0.6) is 5.75 Å². The molecule has 7 heteroatoms. The number of carbonyl (C=O) groups is 2. The first-order valence-electron chi connectivity index (χ1n) is 11.1. The van der Waals surface area contributed by atoms with E-state index in [0.29, 0.717) is 17.9 Å². The molecule has 7 nitrogen and oxygen atoms in total. The van der Waals surface area contributed by atoms with Crippen molar-refractivity contribution in [2.24, 2.45) is 0 Å². The van der Waals surface area contributed by atoms with Crippen molar-refractivity contribution in [3.05, 3.63) is 95.6 Å². The summed E-state index contributed by atoms with van der Waals surface area (Å²) in [5.74, 6) is -0.250. The average Bonchev–Trinajstić information content (AvgIpc) is 2.80. The number of benzene rings is 3. The Kier molecular flexibility index (Phi) is 8.43. The number of hydrogen-bond donors (Lipinski definition) is 5. The quantitative estimate of drug-likeness (QED) is 0.246. The van der Waals surface area contributed by atoms with Crippen molar-refractivity contribution in [3.63, 3.8) is 0 Å². The van der Waals surface area contributed by atoms with Crippen molar-refractivity contribution >= 4 is 29.3 Å². The lowest BCUT2D eigenvalue weighted by molar-refractivity contribution is -0.123. The molecule has 1 atom stereocenters. The minimum atomic E-state index is -0.577. The first-order valence-corrected chi connectivity index (χ1v) is 11.1. The minimum Gasteiger partial charge on any atom is -0.508 e. The third-order valence-corrected chi connectivity index (χ3v) is 5.03. The standard InChI is InChI=1S/C27H30N4O3/c1-18(2)30-27(34)26(29-17-20-6-5-7-22(32)16-20)21-13-10-19(11-14-21)12-15-25(33)31-24-9-4-3-8-23(24)28/h3-16,18,26,29,32H,17,28H2,1-2H3,(H,30,34)(H,31,33)/b15-12+. The molecule has 176 valence electrons. The summed E-state index contributed by atoms with van der Waals surface area (Å²) in [6, 6.07) is 20.8. The molecule has 2 amide bonds. The molecule has 0 aliphatic heterocycles. The summed E-state index contributed by atoms with van der Waals surface area (Å²) in [7, 11) is 0. The second kappa shape index (κ2) is 11.7. The van der Waals surface area contributed by atoms with Crippen LogP contribution in [0.1, 0.15) is 36.6 Å². The van der Waals surface area contributed by atoms with Crippen molar-refractivity contribution < 1.29 is 14.7 Å². The van der Waals surface area contributed by atoms with Crippen molar-refractivity contribution in [1.29, 1.82) is 0 Å². The van der Waals surface area contributed by atoms with E-state index in [4.69, 9.17) is 5.73 Å². The first kappa shape index (κ1) is 24.5. The van der Waals surface area contributed by atoms with Gasteiger partial charge in [-0.15, -0.1) is 0 Å². The maximum Gasteiger partial charge on any atom is 0.248 e. The normalized spacial score (nSPS) is 12.0. The van der Waals surface area contributed by atoms with Crippen LogP contribution < -0.4 is 21.7 Å². The summed E-state index contributed by atoms with van der Waals surface area (Å²) in [6.07, 6.45) is 3.13. The van der Waals surface area contributed by atoms with Crippen LogP contribution in [-0.4, -0.2) is 23.0 Å². The second-order valence-corrected chi connectivity index (χ2v) is 8.22. The molecular formula is C27H30N4O3. The van der Waals surface area contributed by atoms with Crippen LogP contribution in [0.25, 0.3) is 6.08 Å². The van der Waals surface area contributed by atoms with Crippen LogP contribution in [0.4, 0.5) is 11.4 Å². The number of anilines is 2. The third-order valence-electron chi connectivity index (χ3n) is 5.03. The number of phenolic OH excluding ortho intramolecular Hbond substituents is 1. The Morgan fingerprint density at radius 1 is 1.00 bits per heavy atom. The van der Waals surface area contributed by atoms with E-state index >= 15 is 0 Å². The van der Waals surface area contributed by atoms with Crippen molar-refractivity contribution in [3.8, 4) is 5.75 Å². The van der Waals surface area contributed by atoms with Crippen LogP contribution in [0.15, 0.2) is 78.9 Å². The van der Waals surface area contributed by atoms with E-state index in [1.54, 1.807) is 48.5 Å². The highest BCUT2D eigenvalue weighted by molar-refractivity contribution is 6.03. The fraction of sp³-hybridized carbons (Fsp3) is 0.185. The molecule has 0 aromatic heterocycles. The van der Waals surface area contributed by atoms with Crippen molar-refractivity contribution in [2.75, 3.05) is 11.1 Å². The van der Waals surface area contributed by atoms with Gasteiger partial charge in [-0.3, -0.25) is 14.9 Å². The highest BCUT2D eigenvalue weighted by Gasteiger charge is 2.20. The zero-order valence-corrected chi connectivity index (χ0v) is 19.3. The molecule has 0 heterocycles. The van der Waals surface area contributed by atoms with Crippen LogP contribution >= 0.6 is 0 Å². The van der Waals surface area contributed by atoms with E-state index in [1.807, 2.05) is 44.2 Å². The average molecular weight is 459 g/mol. The molecule has 0 spiro atoms. The lowest BCUT2D eigenvalue weighted by Crippen LogP contribution is -2.40. The first-order chi connectivity index (χ1) is 16.3. The Morgan fingerprint density at radius 2 is 1.74 bits per heavy atom. The van der Waals surface area contributed by atoms with Gasteiger partial charge in [0.15, 0.2) is 0 Å². The predicted molar refractivity (Wildman–Crippen MR) is 136 cm³/mol. The van der Waals surface area contributed by atoms with Gasteiger partial charge in [0.25, 0.3) is 0 Å². The number of nitrogen functional groups attached to an aromatic ring is 1. The van der Waals surface area contributed by atoms with Gasteiger partial charge in [0.05, 0.1) is 11.4 Å². The Bertz CT molecular complexity index is 1160. The number of para-hydroxylation sites is 2. The summed E-state index contributed by atoms with van der Waals surface area (Å²) in [4.78, 5) is 25.1. The SMILES string of the molecule is CC(C)NC(=O)C(NCc1cccc(O)c1)c1ccc(/C=C/C(=O)Nc2ccccc2N)cc1. The smallest absolute Gasteiger partial charge is 0.248 e. The fourth-order valence-electron chi connectivity index (χ4n) is 3.37. The molecule has 6 N–H and O–H groups in total. The Labute approximate surface area is 199 Å². The highest BCUT2D eigenvalue weighted by Crippen LogP contribution is 2.19. The molecule has 34 heavy (non-hydrogen) atoms. The molecule has 0 saturated carbocycles. The minimum absolute atomic E-state index is 0.00283. The van der Waals surface area contributed by atoms with E-state index in [2.05, 4.69) is 16.0 Å². The van der Waals surface area contributed by atoms with Gasteiger partial charge in [-0.1, -0.05) is 48.5 Å². The number of carbonyl (C=O) groups excluding carboxylic acids is 2. The van der Waals surface area contributed by atoms with Crippen molar-refractivity contribution in [1.82, 2.24) is 10.6 Å². The maximum absolute atomic E-state index is 12.8. The lowest BCUT2D eigenvalue weighted by atomic mass is 10.0. The number of hydrogen-bond acceptors (Lipinski definition) is 5. The van der Waals surface area contributed by atoms with E-state index in [1.165, 1.54) is 6.08 Å². The zero-order chi connectivity index (χ0) is 24.5. The molecule has 0 aliphatic carbocycles. The zero-order valence-electron chi connectivity index (χ0n) is 19.3. The molecule has 3 aromatic carbocycles. The van der Waals surface area contributed by atoms with Crippen molar-refractivity contribution in [2.45, 2.75) is 32.5 Å². The summed E-state index contributed by atoms with van der Waals surface area (Å²) >= 11 is 0. The third kappa shape index (κ3) is 7.21. The highest BCUT2D eigenvalue weighted by atomic mass is 16.3. The monoisotopic (exact) mass is 458 g/mol. The Balaban J connectivity index is 1.69. The molecule has 0 saturated heterocycles. The van der Waals surface area contributed by atoms with E-state index in [0.717, 1.165) is 16.7 Å². The van der Waals surface area contributed by atoms with Gasteiger partial charge >= 0.3 is 0 Å². The van der Waals surface area contributed by atoms with Crippen LogP contribution in [0.3, 0.4) is 0 Å². The number of phenols is 1. The van der Waals surface area contributed by atoms with Gasteiger partial charge in [-0.25, -0.2) is 0 Å². The fourth-order valence-corrected chi connectivity index (χ4v) is 3.37. The van der Waals surface area contributed by atoms with Gasteiger partial charge in [0, 0.05) is 18.7 Å². The summed E-state index contributed by atoms with van der Waals surface area (Å²) in [6.45, 7) is 4.23. The molecule has 3 rings (SSSR count). The van der Waals surface area contributed by atoms with Crippen LogP contribution in [0.2, 0.25) is 0 Å². The Morgan fingerprint density at radius 3 is 2.41 bits per heavy atom. The van der Waals surface area contributed by atoms with E-state index < -0.39 is 6.04 Å². The molecular weight excluding hydrogens is 428 g/mol. The number of rotatable bonds is 9. The lowest BCUT2D eigenvalue weighted by Gasteiger charge is -2.21. The Hall–Kier alpha value is -4.10. The van der Waals surface area contributed by atoms with Gasteiger partial charge in [0.1, 0.15) is 11.8 Å². The maximum atomic E-state index is 12.8. The largest absolute Gasteiger partial charge is 0.508 e. The molecule has 0 bridgehead atoms. The molecule has 3 aromatic rings. The van der Waals surface area contributed by atoms with Gasteiger partial charge in [0.2, 0.25) is 11.8 Å². The van der Waals surface area contributed by atoms with E-state index in [9.17, 15) is 14.7 Å². The second-order valence-electron chi connectivity index (χ2n) is 8.22. The van der Waals surface area contributed by atoms with Gasteiger partial charge in [-0.2, -0.15) is 0 Å². The molecule has 0 aliphatic rings. The predicted octanol–water partition coefficient (Wildman–Crippen LogP) is 3.98. The number of aromatic hydroxyl groups is 1. The van der Waals surface area contributed by atoms with E-state index in [-0.39, 0.29) is 23.6 Å². The topological polar surface area (TPSA) is 116 Å². The summed E-state index contributed by atoms with van der Waals surface area (Å²) in [5, 5.41) is 18.7. The van der Waals surface area contributed by atoms with Gasteiger partial charge in [-0.05, 0) is 60.9 Å². The van der Waals surface area contributed by atoms with Gasteiger partial charge < -0.3 is 21.5 Å². The van der Waals surface area contributed by atoms with Crippen LogP contribution in [-0.2, 0) is 16.1 Å². The van der Waals surface area contributed by atoms with Crippen LogP contribution in [0, 0.1) is 0 Å². The summed E-state index contributed by atoms with van der Waals surface area (Å²) in [5.41, 5.74) is 9.38. The summed E-state index contributed by atoms with van der Waals surface area (Å²) < 4.78 is 0. The number of amides is 2. The molecule has 1 unspecified atom stereocenters. The molecule has 0 radical (unpaired) electrons. The molecule has 0 fully saturated rings. The number of nitrogens with one attached hydrogen (secondary N) is 3. The number of nitrogens with two attached hydrogens (primary N) is 1.